The van der Waals surface area contributed by atoms with Gasteiger partial charge in [-0.15, -0.1) is 0 Å². The molecule has 1 saturated heterocycles. The van der Waals surface area contributed by atoms with E-state index in [9.17, 15) is 9.90 Å². The standard InChI is InChI=1S/C24H36N2O6/c1-17(2)14-29-15-20(27)11-25-7-8-30-21(12-25)13-26(10-18-3-4-18)24(28)19-5-6-22-23(9-19)32-16-31-22/h5-6,9,17-18,20-21,27H,3-4,7-8,10-16H2,1-2H3/t20-,21+/m0/s1. The number of nitrogens with zero attached hydrogens (tertiary/aromatic N) is 2. The molecule has 4 rings (SSSR count). The monoisotopic (exact) mass is 448 g/mol. The van der Waals surface area contributed by atoms with E-state index in [0.717, 1.165) is 13.1 Å². The molecule has 0 bridgehead atoms. The first-order valence-corrected chi connectivity index (χ1v) is 11.8. The number of β-amino-alcohol motifs (C(OH)–C–C–N with tert-alkyl or cyclic N) is 1. The first-order valence-electron chi connectivity index (χ1n) is 11.8. The van der Waals surface area contributed by atoms with E-state index in [0.29, 0.717) is 68.4 Å². The molecule has 2 aliphatic heterocycles. The van der Waals surface area contributed by atoms with E-state index in [1.54, 1.807) is 18.2 Å². The third kappa shape index (κ3) is 6.57. The molecule has 1 aromatic rings. The van der Waals surface area contributed by atoms with Gasteiger partial charge in [-0.1, -0.05) is 13.8 Å². The van der Waals surface area contributed by atoms with Gasteiger partial charge in [0.25, 0.3) is 5.91 Å². The molecule has 0 unspecified atom stereocenters. The maximum absolute atomic E-state index is 13.3. The molecule has 0 spiro atoms. The Morgan fingerprint density at radius 1 is 1.22 bits per heavy atom. The largest absolute Gasteiger partial charge is 0.454 e. The number of rotatable bonds is 11. The van der Waals surface area contributed by atoms with Gasteiger partial charge in [-0.05, 0) is 42.9 Å². The van der Waals surface area contributed by atoms with E-state index in [1.165, 1.54) is 12.8 Å². The highest BCUT2D eigenvalue weighted by molar-refractivity contribution is 5.95. The molecule has 2 heterocycles. The average Bonchev–Trinajstić information content (AvgIpc) is 3.45. The summed E-state index contributed by atoms with van der Waals surface area (Å²) < 4.78 is 22.4. The average molecular weight is 449 g/mol. The lowest BCUT2D eigenvalue weighted by molar-refractivity contribution is -0.0599. The Bertz CT molecular complexity index is 769. The Balaban J connectivity index is 1.32. The number of aliphatic hydroxyl groups excluding tert-OH is 1. The normalized spacial score (nSPS) is 21.7. The molecule has 32 heavy (non-hydrogen) atoms. The van der Waals surface area contributed by atoms with E-state index in [4.69, 9.17) is 18.9 Å². The van der Waals surface area contributed by atoms with Gasteiger partial charge in [-0.3, -0.25) is 9.69 Å². The first-order chi connectivity index (χ1) is 15.5. The first kappa shape index (κ1) is 23.3. The summed E-state index contributed by atoms with van der Waals surface area (Å²) in [5.74, 6) is 2.33. The maximum atomic E-state index is 13.3. The van der Waals surface area contributed by atoms with Crippen LogP contribution in [0.4, 0.5) is 0 Å². The predicted octanol–water partition coefficient (Wildman–Crippen LogP) is 2.00. The number of carbonyl (C=O) groups is 1. The van der Waals surface area contributed by atoms with Crippen LogP contribution in [0.3, 0.4) is 0 Å². The molecule has 0 radical (unpaired) electrons. The third-order valence-electron chi connectivity index (χ3n) is 5.96. The predicted molar refractivity (Wildman–Crippen MR) is 119 cm³/mol. The van der Waals surface area contributed by atoms with Gasteiger partial charge in [0.15, 0.2) is 11.5 Å². The van der Waals surface area contributed by atoms with Crippen molar-refractivity contribution < 1.29 is 28.8 Å². The van der Waals surface area contributed by atoms with Crippen molar-refractivity contribution in [2.75, 3.05) is 59.3 Å². The van der Waals surface area contributed by atoms with Crippen LogP contribution in [0.2, 0.25) is 0 Å². The number of fused-ring (bicyclic) bond motifs is 1. The molecule has 1 N–H and O–H groups in total. The lowest BCUT2D eigenvalue weighted by Crippen LogP contribution is -2.51. The Morgan fingerprint density at radius 2 is 2.03 bits per heavy atom. The molecule has 1 aromatic carbocycles. The summed E-state index contributed by atoms with van der Waals surface area (Å²) in [6.07, 6.45) is 1.74. The van der Waals surface area contributed by atoms with Crippen molar-refractivity contribution in [1.29, 1.82) is 0 Å². The van der Waals surface area contributed by atoms with E-state index in [1.807, 2.05) is 4.90 Å². The molecule has 0 aromatic heterocycles. The zero-order chi connectivity index (χ0) is 22.5. The van der Waals surface area contributed by atoms with Crippen LogP contribution >= 0.6 is 0 Å². The molecule has 1 saturated carbocycles. The van der Waals surface area contributed by atoms with Crippen molar-refractivity contribution in [3.8, 4) is 11.5 Å². The molecule has 178 valence electrons. The summed E-state index contributed by atoms with van der Waals surface area (Å²) in [5, 5.41) is 10.3. The van der Waals surface area contributed by atoms with E-state index >= 15 is 0 Å². The summed E-state index contributed by atoms with van der Waals surface area (Å²) in [5.41, 5.74) is 0.611. The van der Waals surface area contributed by atoms with Crippen LogP contribution < -0.4 is 9.47 Å². The summed E-state index contributed by atoms with van der Waals surface area (Å²) in [6.45, 7) is 9.29. The van der Waals surface area contributed by atoms with Gasteiger partial charge in [0.2, 0.25) is 6.79 Å². The molecular formula is C24H36N2O6. The minimum atomic E-state index is -0.523. The van der Waals surface area contributed by atoms with Crippen LogP contribution in [0.5, 0.6) is 11.5 Å². The Kier molecular flexibility index (Phi) is 7.88. The molecule has 2 fully saturated rings. The van der Waals surface area contributed by atoms with Gasteiger partial charge in [0, 0.05) is 44.9 Å². The fraction of sp³-hybridized carbons (Fsp3) is 0.708. The van der Waals surface area contributed by atoms with Gasteiger partial charge in [0.05, 0.1) is 25.4 Å². The Hall–Kier alpha value is -1.87. The summed E-state index contributed by atoms with van der Waals surface area (Å²) >= 11 is 0. The third-order valence-corrected chi connectivity index (χ3v) is 5.96. The van der Waals surface area contributed by atoms with Crippen molar-refractivity contribution in [1.82, 2.24) is 9.80 Å². The van der Waals surface area contributed by atoms with Gasteiger partial charge in [-0.25, -0.2) is 0 Å². The van der Waals surface area contributed by atoms with Crippen molar-refractivity contribution in [3.63, 3.8) is 0 Å². The van der Waals surface area contributed by atoms with Crippen LogP contribution in [0.15, 0.2) is 18.2 Å². The lowest BCUT2D eigenvalue weighted by atomic mass is 10.1. The summed E-state index contributed by atoms with van der Waals surface area (Å²) in [6, 6.07) is 5.37. The smallest absolute Gasteiger partial charge is 0.254 e. The lowest BCUT2D eigenvalue weighted by Gasteiger charge is -2.36. The molecule has 1 amide bonds. The van der Waals surface area contributed by atoms with Crippen LogP contribution in [0.1, 0.15) is 37.0 Å². The number of benzene rings is 1. The van der Waals surface area contributed by atoms with Crippen LogP contribution in [0, 0.1) is 11.8 Å². The number of hydrogen-bond donors (Lipinski definition) is 1. The number of carbonyl (C=O) groups excluding carboxylic acids is 1. The van der Waals surface area contributed by atoms with Gasteiger partial charge >= 0.3 is 0 Å². The number of ether oxygens (including phenoxy) is 4. The Labute approximate surface area is 190 Å². The molecule has 8 nitrogen and oxygen atoms in total. The van der Waals surface area contributed by atoms with Crippen LogP contribution in [-0.4, -0.2) is 92.4 Å². The molecule has 1 aliphatic carbocycles. The van der Waals surface area contributed by atoms with E-state index in [2.05, 4.69) is 18.7 Å². The van der Waals surface area contributed by atoms with Gasteiger partial charge < -0.3 is 29.0 Å². The quantitative estimate of drug-likeness (QED) is 0.555. The highest BCUT2D eigenvalue weighted by Crippen LogP contribution is 2.34. The summed E-state index contributed by atoms with van der Waals surface area (Å²) in [4.78, 5) is 17.4. The van der Waals surface area contributed by atoms with E-state index < -0.39 is 6.10 Å². The van der Waals surface area contributed by atoms with Gasteiger partial charge in [0.1, 0.15) is 0 Å². The molecule has 8 heteroatoms. The minimum Gasteiger partial charge on any atom is -0.454 e. The van der Waals surface area contributed by atoms with E-state index in [-0.39, 0.29) is 18.8 Å². The minimum absolute atomic E-state index is 0.00181. The molecule has 3 aliphatic rings. The van der Waals surface area contributed by atoms with Crippen LogP contribution in [0.25, 0.3) is 0 Å². The highest BCUT2D eigenvalue weighted by Gasteiger charge is 2.31. The molecular weight excluding hydrogens is 412 g/mol. The Morgan fingerprint density at radius 3 is 2.81 bits per heavy atom. The second-order valence-electron chi connectivity index (χ2n) is 9.56. The zero-order valence-corrected chi connectivity index (χ0v) is 19.2. The topological polar surface area (TPSA) is 80.7 Å². The van der Waals surface area contributed by atoms with Gasteiger partial charge in [-0.2, -0.15) is 0 Å². The SMILES string of the molecule is CC(C)COC[C@@H](O)CN1CCO[C@@H](CN(CC2CC2)C(=O)c2ccc3c(c2)OCO3)C1. The second kappa shape index (κ2) is 10.8. The highest BCUT2D eigenvalue weighted by atomic mass is 16.7. The summed E-state index contributed by atoms with van der Waals surface area (Å²) in [7, 11) is 0. The van der Waals surface area contributed by atoms with Crippen molar-refractivity contribution in [2.45, 2.75) is 38.9 Å². The second-order valence-corrected chi connectivity index (χ2v) is 9.56. The molecule has 2 atom stereocenters. The maximum Gasteiger partial charge on any atom is 0.254 e. The van der Waals surface area contributed by atoms with Crippen molar-refractivity contribution >= 4 is 5.91 Å². The van der Waals surface area contributed by atoms with Crippen LogP contribution in [-0.2, 0) is 9.47 Å². The fourth-order valence-electron chi connectivity index (χ4n) is 4.16. The number of amides is 1. The number of morpholine rings is 1. The zero-order valence-electron chi connectivity index (χ0n) is 19.2. The van der Waals surface area contributed by atoms with Crippen molar-refractivity contribution in [2.24, 2.45) is 11.8 Å². The van der Waals surface area contributed by atoms with Crippen molar-refractivity contribution in [3.05, 3.63) is 23.8 Å². The number of hydrogen-bond acceptors (Lipinski definition) is 7. The fourth-order valence-corrected chi connectivity index (χ4v) is 4.16. The number of aliphatic hydroxyl groups is 1.